The highest BCUT2D eigenvalue weighted by molar-refractivity contribution is 5.72. The lowest BCUT2D eigenvalue weighted by atomic mass is 9.86. The van der Waals surface area contributed by atoms with E-state index in [1.54, 1.807) is 7.11 Å². The third-order valence-corrected chi connectivity index (χ3v) is 4.48. The van der Waals surface area contributed by atoms with Crippen LogP contribution < -0.4 is 0 Å². The molecule has 0 atom stereocenters. The summed E-state index contributed by atoms with van der Waals surface area (Å²) < 4.78 is 10.9. The summed E-state index contributed by atoms with van der Waals surface area (Å²) in [6.45, 7) is 0. The van der Waals surface area contributed by atoms with Gasteiger partial charge in [-0.1, -0.05) is 0 Å². The van der Waals surface area contributed by atoms with E-state index in [1.807, 2.05) is 0 Å². The molecule has 0 spiro atoms. The Balaban J connectivity index is 1.72. The molecule has 2 rings (SSSR count). The van der Waals surface area contributed by atoms with Crippen LogP contribution >= 0.6 is 0 Å². The number of hydrogen-bond donors (Lipinski definition) is 0. The molecule has 0 aliphatic heterocycles. The van der Waals surface area contributed by atoms with Gasteiger partial charge in [0.2, 0.25) is 0 Å². The minimum atomic E-state index is -0.0324. The molecular weight excluding hydrogens is 242 g/mol. The van der Waals surface area contributed by atoms with Crippen molar-refractivity contribution in [2.75, 3.05) is 7.11 Å². The van der Waals surface area contributed by atoms with Crippen LogP contribution in [0.15, 0.2) is 0 Å². The predicted octanol–water partition coefficient (Wildman–Crippen LogP) is 2.82. The van der Waals surface area contributed by atoms with Crippen molar-refractivity contribution in [2.45, 2.75) is 63.6 Å². The molecule has 106 valence electrons. The van der Waals surface area contributed by atoms with Crippen molar-refractivity contribution < 1.29 is 14.3 Å². The molecule has 2 fully saturated rings. The van der Waals surface area contributed by atoms with Crippen LogP contribution in [0, 0.1) is 23.2 Å². The summed E-state index contributed by atoms with van der Waals surface area (Å²) in [5.74, 6) is 0.183. The number of carbonyl (C=O) groups excluding carboxylic acids is 1. The fraction of sp³-hybridized carbons (Fsp3) is 0.867. The van der Waals surface area contributed by atoms with Gasteiger partial charge in [-0.15, -0.1) is 0 Å². The molecule has 0 saturated heterocycles. The first kappa shape index (κ1) is 14.3. The average molecular weight is 265 g/mol. The Kier molecular flexibility index (Phi) is 5.21. The van der Waals surface area contributed by atoms with Gasteiger partial charge in [0.05, 0.1) is 18.1 Å². The number of hydrogen-bond acceptors (Lipinski definition) is 4. The Morgan fingerprint density at radius 3 is 2.11 bits per heavy atom. The Labute approximate surface area is 115 Å². The summed E-state index contributed by atoms with van der Waals surface area (Å²) in [4.78, 5) is 12.1. The van der Waals surface area contributed by atoms with Crippen LogP contribution in [0.3, 0.4) is 0 Å². The molecule has 0 radical (unpaired) electrons. The molecule has 0 heterocycles. The molecule has 0 aromatic rings. The van der Waals surface area contributed by atoms with Gasteiger partial charge in [0.25, 0.3) is 0 Å². The van der Waals surface area contributed by atoms with Crippen molar-refractivity contribution in [1.82, 2.24) is 0 Å². The monoisotopic (exact) mass is 265 g/mol. The zero-order valence-electron chi connectivity index (χ0n) is 11.6. The number of carbonyl (C=O) groups is 1. The summed E-state index contributed by atoms with van der Waals surface area (Å²) in [5, 5.41) is 8.84. The fourth-order valence-corrected chi connectivity index (χ4v) is 3.10. The first-order valence-electron chi connectivity index (χ1n) is 7.35. The van der Waals surface area contributed by atoms with Gasteiger partial charge in [0, 0.05) is 13.0 Å². The van der Waals surface area contributed by atoms with Gasteiger partial charge in [-0.2, -0.15) is 5.26 Å². The molecule has 0 aromatic heterocycles. The van der Waals surface area contributed by atoms with E-state index in [1.165, 1.54) is 0 Å². The molecule has 4 nitrogen and oxygen atoms in total. The van der Waals surface area contributed by atoms with Crippen molar-refractivity contribution in [1.29, 1.82) is 5.26 Å². The Morgan fingerprint density at radius 1 is 1.00 bits per heavy atom. The van der Waals surface area contributed by atoms with Crippen LogP contribution in [-0.2, 0) is 14.3 Å². The summed E-state index contributed by atoms with van der Waals surface area (Å²) >= 11 is 0. The summed E-state index contributed by atoms with van der Waals surface area (Å²) in [6.07, 6.45) is 7.45. The van der Waals surface area contributed by atoms with Crippen molar-refractivity contribution in [2.24, 2.45) is 11.8 Å². The number of ether oxygens (including phenoxy) is 2. The maximum Gasteiger partial charge on any atom is 0.309 e. The van der Waals surface area contributed by atoms with Crippen molar-refractivity contribution in [3.8, 4) is 6.07 Å². The zero-order chi connectivity index (χ0) is 13.7. The van der Waals surface area contributed by atoms with Crippen LogP contribution in [0.4, 0.5) is 0 Å². The summed E-state index contributed by atoms with van der Waals surface area (Å²) in [7, 11) is 1.73. The van der Waals surface area contributed by atoms with Gasteiger partial charge in [-0.05, 0) is 51.4 Å². The molecule has 4 heteroatoms. The number of esters is 1. The fourth-order valence-electron chi connectivity index (χ4n) is 3.10. The molecule has 0 aromatic carbocycles. The van der Waals surface area contributed by atoms with E-state index in [-0.39, 0.29) is 23.9 Å². The lowest BCUT2D eigenvalue weighted by Crippen LogP contribution is -2.31. The van der Waals surface area contributed by atoms with E-state index < -0.39 is 0 Å². The highest BCUT2D eigenvalue weighted by atomic mass is 16.5. The number of methoxy groups -OCH3 is 1. The Hall–Kier alpha value is -1.08. The second-order valence-electron chi connectivity index (χ2n) is 5.75. The van der Waals surface area contributed by atoms with E-state index >= 15 is 0 Å². The lowest BCUT2D eigenvalue weighted by Gasteiger charge is -2.29. The van der Waals surface area contributed by atoms with Crippen LogP contribution in [0.1, 0.15) is 51.4 Å². The molecule has 2 aliphatic rings. The summed E-state index contributed by atoms with van der Waals surface area (Å²) in [5.41, 5.74) is 0. The maximum absolute atomic E-state index is 12.1. The molecule has 2 saturated carbocycles. The number of nitriles is 1. The molecule has 0 unspecified atom stereocenters. The van der Waals surface area contributed by atoms with Crippen molar-refractivity contribution >= 4 is 5.97 Å². The van der Waals surface area contributed by atoms with Crippen LogP contribution in [-0.4, -0.2) is 25.3 Å². The van der Waals surface area contributed by atoms with E-state index in [2.05, 4.69) is 6.07 Å². The predicted molar refractivity (Wildman–Crippen MR) is 70.2 cm³/mol. The molecular formula is C15H23NO3. The maximum atomic E-state index is 12.1. The quantitative estimate of drug-likeness (QED) is 0.736. The summed E-state index contributed by atoms with van der Waals surface area (Å²) in [6, 6.07) is 2.30. The molecule has 2 aliphatic carbocycles. The van der Waals surface area contributed by atoms with Crippen molar-refractivity contribution in [3.05, 3.63) is 0 Å². The highest BCUT2D eigenvalue weighted by Gasteiger charge is 2.30. The van der Waals surface area contributed by atoms with Crippen LogP contribution in [0.25, 0.3) is 0 Å². The SMILES string of the molecule is COC1CCC(C(=O)OC2CCC(C#N)CC2)CC1. The van der Waals surface area contributed by atoms with E-state index in [4.69, 9.17) is 14.7 Å². The topological polar surface area (TPSA) is 59.3 Å². The zero-order valence-corrected chi connectivity index (χ0v) is 11.6. The first-order valence-corrected chi connectivity index (χ1v) is 7.35. The minimum absolute atomic E-state index is 0.0324. The smallest absolute Gasteiger partial charge is 0.309 e. The number of nitrogens with zero attached hydrogens (tertiary/aromatic N) is 1. The largest absolute Gasteiger partial charge is 0.462 e. The minimum Gasteiger partial charge on any atom is -0.462 e. The Morgan fingerprint density at radius 2 is 1.58 bits per heavy atom. The van der Waals surface area contributed by atoms with Gasteiger partial charge >= 0.3 is 5.97 Å². The van der Waals surface area contributed by atoms with Crippen molar-refractivity contribution in [3.63, 3.8) is 0 Å². The normalized spacial score (nSPS) is 35.4. The molecule has 0 N–H and O–H groups in total. The van der Waals surface area contributed by atoms with Gasteiger partial charge in [0.1, 0.15) is 6.10 Å². The van der Waals surface area contributed by atoms with Crippen LogP contribution in [0.5, 0.6) is 0 Å². The highest BCUT2D eigenvalue weighted by Crippen LogP contribution is 2.30. The number of rotatable bonds is 3. The van der Waals surface area contributed by atoms with Gasteiger partial charge in [-0.25, -0.2) is 0 Å². The molecule has 0 amide bonds. The lowest BCUT2D eigenvalue weighted by molar-refractivity contribution is -0.157. The Bertz CT molecular complexity index is 334. The average Bonchev–Trinajstić information content (AvgIpc) is 2.48. The molecule has 0 bridgehead atoms. The second kappa shape index (κ2) is 6.91. The first-order chi connectivity index (χ1) is 9.22. The van der Waals surface area contributed by atoms with E-state index in [0.717, 1.165) is 51.4 Å². The standard InChI is InChI=1S/C15H23NO3/c1-18-13-8-4-12(5-9-13)15(17)19-14-6-2-11(10-16)3-7-14/h11-14H,2-9H2,1H3. The van der Waals surface area contributed by atoms with Gasteiger partial charge in [-0.3, -0.25) is 4.79 Å². The van der Waals surface area contributed by atoms with Gasteiger partial charge in [0.15, 0.2) is 0 Å². The third kappa shape index (κ3) is 3.94. The van der Waals surface area contributed by atoms with E-state index in [0.29, 0.717) is 6.10 Å². The third-order valence-electron chi connectivity index (χ3n) is 4.48. The second-order valence-corrected chi connectivity index (χ2v) is 5.75. The van der Waals surface area contributed by atoms with E-state index in [9.17, 15) is 4.79 Å². The molecule has 19 heavy (non-hydrogen) atoms. The van der Waals surface area contributed by atoms with Gasteiger partial charge < -0.3 is 9.47 Å². The van der Waals surface area contributed by atoms with Crippen LogP contribution in [0.2, 0.25) is 0 Å².